The third kappa shape index (κ3) is 1.31. The molecule has 0 unspecified atom stereocenters. The lowest BCUT2D eigenvalue weighted by atomic mass is 10.2. The van der Waals surface area contributed by atoms with Gasteiger partial charge < -0.3 is 14.2 Å². The lowest BCUT2D eigenvalue weighted by Gasteiger charge is -2.24. The predicted molar refractivity (Wildman–Crippen MR) is 37.7 cm³/mol. The Labute approximate surface area is 72.8 Å². The molecule has 13 heavy (non-hydrogen) atoms. The maximum atomic E-state index is 11.1. The summed E-state index contributed by atoms with van der Waals surface area (Å²) in [6.45, 7) is -0.233. The Morgan fingerprint density at radius 3 is 2.77 bits per heavy atom. The van der Waals surface area contributed by atoms with Crippen molar-refractivity contribution < 1.29 is 28.1 Å². The first-order chi connectivity index (χ1) is 6.14. The molecule has 3 aliphatic heterocycles. The molecule has 0 aromatic carbocycles. The summed E-state index contributed by atoms with van der Waals surface area (Å²) in [5.41, 5.74) is 1.98. The number of aliphatic hydroxyl groups is 1. The van der Waals surface area contributed by atoms with E-state index in [1.54, 1.807) is 0 Å². The molecule has 2 N–H and O–H groups in total. The lowest BCUT2D eigenvalue weighted by Crippen LogP contribution is -2.21. The van der Waals surface area contributed by atoms with Crippen LogP contribution < -0.4 is 5.48 Å². The van der Waals surface area contributed by atoms with Gasteiger partial charge in [0.2, 0.25) is 0 Å². The molecule has 0 atom stereocenters. The Morgan fingerprint density at radius 1 is 1.46 bits per heavy atom. The molecule has 7 nitrogen and oxygen atoms in total. The molecule has 0 spiro atoms. The summed E-state index contributed by atoms with van der Waals surface area (Å²) in [4.78, 5) is 11.1. The molecule has 0 aromatic heterocycles. The van der Waals surface area contributed by atoms with E-state index in [0.717, 1.165) is 0 Å². The SMILES string of the molecule is O=C1NOP2(=O)OC(=C1CCO)O2. The van der Waals surface area contributed by atoms with Crippen LogP contribution in [0.2, 0.25) is 0 Å². The average Bonchev–Trinajstić information content (AvgIpc) is 2.21. The smallest absolute Gasteiger partial charge is 0.396 e. The average molecular weight is 207 g/mol. The third-order valence-electron chi connectivity index (χ3n) is 1.52. The molecular weight excluding hydrogens is 201 g/mol. The van der Waals surface area contributed by atoms with Gasteiger partial charge in [-0.15, -0.1) is 4.62 Å². The summed E-state index contributed by atoms with van der Waals surface area (Å²) in [5, 5.41) is 8.59. The fourth-order valence-corrected chi connectivity index (χ4v) is 1.85. The molecule has 0 aromatic rings. The minimum absolute atomic E-state index is 0.0600. The number of phosphoric acid groups is 1. The molecule has 2 bridgehead atoms. The van der Waals surface area contributed by atoms with Crippen molar-refractivity contribution in [3.63, 3.8) is 0 Å². The second-order valence-corrected chi connectivity index (χ2v) is 3.83. The van der Waals surface area contributed by atoms with Gasteiger partial charge in [0, 0.05) is 13.0 Å². The zero-order chi connectivity index (χ0) is 9.47. The summed E-state index contributed by atoms with van der Waals surface area (Å²) in [6, 6.07) is 0. The molecule has 3 heterocycles. The van der Waals surface area contributed by atoms with Crippen LogP contribution in [0.4, 0.5) is 0 Å². The number of rotatable bonds is 2. The molecule has 0 aliphatic carbocycles. The first-order valence-corrected chi connectivity index (χ1v) is 4.93. The van der Waals surface area contributed by atoms with Gasteiger partial charge >= 0.3 is 13.8 Å². The number of fused-ring (bicyclic) bond motifs is 3. The Morgan fingerprint density at radius 2 is 2.15 bits per heavy atom. The van der Waals surface area contributed by atoms with Crippen LogP contribution in [-0.4, -0.2) is 17.6 Å². The second-order valence-electron chi connectivity index (χ2n) is 2.39. The number of carbonyl (C=O) groups excluding carboxylic acids is 1. The minimum atomic E-state index is -3.56. The zero-order valence-corrected chi connectivity index (χ0v) is 7.24. The van der Waals surface area contributed by atoms with Crippen LogP contribution in [0.3, 0.4) is 0 Å². The molecule has 0 radical (unpaired) electrons. The number of nitrogens with one attached hydrogen (secondary N) is 1. The maximum absolute atomic E-state index is 11.1. The fraction of sp³-hybridized carbons (Fsp3) is 0.400. The lowest BCUT2D eigenvalue weighted by molar-refractivity contribution is -0.124. The van der Waals surface area contributed by atoms with Gasteiger partial charge in [-0.1, -0.05) is 0 Å². The number of carbonyl (C=O) groups is 1. The normalized spacial score (nSPS) is 23.6. The van der Waals surface area contributed by atoms with Gasteiger partial charge in [-0.05, 0) is 0 Å². The van der Waals surface area contributed by atoms with Crippen molar-refractivity contribution in [2.24, 2.45) is 0 Å². The second kappa shape index (κ2) is 2.73. The highest BCUT2D eigenvalue weighted by atomic mass is 31.2. The van der Waals surface area contributed by atoms with E-state index in [0.29, 0.717) is 0 Å². The van der Waals surface area contributed by atoms with Crippen molar-refractivity contribution in [3.05, 3.63) is 11.5 Å². The highest BCUT2D eigenvalue weighted by Crippen LogP contribution is 2.63. The summed E-state index contributed by atoms with van der Waals surface area (Å²) >= 11 is 0. The van der Waals surface area contributed by atoms with Crippen molar-refractivity contribution in [1.29, 1.82) is 0 Å². The van der Waals surface area contributed by atoms with Crippen LogP contribution in [0.25, 0.3) is 0 Å². The third-order valence-corrected chi connectivity index (χ3v) is 2.62. The number of amides is 1. The van der Waals surface area contributed by atoms with Gasteiger partial charge in [0.15, 0.2) is 0 Å². The van der Waals surface area contributed by atoms with Gasteiger partial charge in [0.25, 0.3) is 5.91 Å². The van der Waals surface area contributed by atoms with Crippen LogP contribution >= 0.6 is 7.82 Å². The van der Waals surface area contributed by atoms with E-state index in [-0.39, 0.29) is 24.5 Å². The highest BCUT2D eigenvalue weighted by molar-refractivity contribution is 7.50. The van der Waals surface area contributed by atoms with Gasteiger partial charge in [0.05, 0.1) is 0 Å². The number of hydrogen-bond donors (Lipinski definition) is 2. The molecule has 1 amide bonds. The van der Waals surface area contributed by atoms with Crippen LogP contribution in [0, 0.1) is 0 Å². The Hall–Kier alpha value is -1.04. The number of aliphatic hydroxyl groups excluding tert-OH is 1. The topological polar surface area (TPSA) is 94.1 Å². The molecular formula is C5H6NO6P. The zero-order valence-electron chi connectivity index (χ0n) is 6.35. The van der Waals surface area contributed by atoms with E-state index in [1.165, 1.54) is 0 Å². The molecule has 1 saturated heterocycles. The molecule has 72 valence electrons. The number of hydroxylamine groups is 1. The molecule has 3 rings (SSSR count). The molecule has 1 fully saturated rings. The summed E-state index contributed by atoms with van der Waals surface area (Å²) in [5.74, 6) is -0.744. The Kier molecular flexibility index (Phi) is 1.80. The van der Waals surface area contributed by atoms with E-state index in [1.807, 2.05) is 5.48 Å². The van der Waals surface area contributed by atoms with Crippen molar-refractivity contribution in [1.82, 2.24) is 5.48 Å². The highest BCUT2D eigenvalue weighted by Gasteiger charge is 2.50. The maximum Gasteiger partial charge on any atom is 0.614 e. The largest absolute Gasteiger partial charge is 0.614 e. The van der Waals surface area contributed by atoms with Crippen LogP contribution in [-0.2, 0) is 23.0 Å². The van der Waals surface area contributed by atoms with Crippen molar-refractivity contribution in [3.8, 4) is 0 Å². The van der Waals surface area contributed by atoms with Crippen molar-refractivity contribution in [2.75, 3.05) is 6.61 Å². The first-order valence-electron chi connectivity index (χ1n) is 3.47. The van der Waals surface area contributed by atoms with Crippen molar-refractivity contribution in [2.45, 2.75) is 6.42 Å². The number of phosphoric ester groups is 1. The van der Waals surface area contributed by atoms with Crippen LogP contribution in [0.5, 0.6) is 0 Å². The van der Waals surface area contributed by atoms with Gasteiger partial charge in [0.1, 0.15) is 5.57 Å². The predicted octanol–water partition coefficient (Wildman–Crippen LogP) is -0.203. The van der Waals surface area contributed by atoms with Gasteiger partial charge in [-0.3, -0.25) is 4.79 Å². The monoisotopic (exact) mass is 207 g/mol. The summed E-state index contributed by atoms with van der Waals surface area (Å²) in [6.07, 6.45) is 0.0600. The molecule has 3 aliphatic rings. The standard InChI is InChI=1S/C5H6NO6P/c7-2-1-3-4(8)6-12-13(9)10-5(3)11-13/h7H,1-2H2,(H,6,8). The van der Waals surface area contributed by atoms with Crippen molar-refractivity contribution >= 4 is 13.7 Å². The van der Waals surface area contributed by atoms with E-state index < -0.39 is 13.7 Å². The fourth-order valence-electron chi connectivity index (χ4n) is 0.936. The first kappa shape index (κ1) is 8.55. The van der Waals surface area contributed by atoms with Gasteiger partial charge in [-0.25, -0.2) is 10.0 Å². The Balaban J connectivity index is 2.27. The van der Waals surface area contributed by atoms with Crippen LogP contribution in [0.15, 0.2) is 11.5 Å². The van der Waals surface area contributed by atoms with Crippen LogP contribution in [0.1, 0.15) is 6.42 Å². The summed E-state index contributed by atoms with van der Waals surface area (Å²) < 4.78 is 24.6. The van der Waals surface area contributed by atoms with E-state index in [4.69, 9.17) is 5.11 Å². The van der Waals surface area contributed by atoms with Gasteiger partial charge in [-0.2, -0.15) is 0 Å². The quantitative estimate of drug-likeness (QED) is 0.608. The van der Waals surface area contributed by atoms with E-state index in [2.05, 4.69) is 13.7 Å². The summed E-state index contributed by atoms with van der Waals surface area (Å²) in [7, 11) is -3.56. The number of hydrogen-bond acceptors (Lipinski definition) is 6. The van der Waals surface area contributed by atoms with E-state index in [9.17, 15) is 9.36 Å². The molecule has 0 saturated carbocycles. The Bertz CT molecular complexity index is 324. The van der Waals surface area contributed by atoms with E-state index >= 15 is 0 Å². The minimum Gasteiger partial charge on any atom is -0.396 e. The molecule has 8 heteroatoms.